The fourth-order valence-electron chi connectivity index (χ4n) is 4.23. The van der Waals surface area contributed by atoms with Crippen LogP contribution in [0.4, 0.5) is 5.95 Å². The molecule has 5 rings (SSSR count). The van der Waals surface area contributed by atoms with Crippen LogP contribution in [0.15, 0.2) is 30.6 Å². The van der Waals surface area contributed by atoms with Crippen LogP contribution in [0.2, 0.25) is 5.02 Å². The fraction of sp³-hybridized carbons (Fsp3) is 0.476. The molecule has 0 amide bonds. The van der Waals surface area contributed by atoms with Crippen LogP contribution < -0.4 is 9.46 Å². The smallest absolute Gasteiger partial charge is 0.240 e. The third-order valence-electron chi connectivity index (χ3n) is 6.51. The third kappa shape index (κ3) is 4.10. The highest BCUT2D eigenvalue weighted by Crippen LogP contribution is 2.73. The van der Waals surface area contributed by atoms with E-state index in [1.807, 2.05) is 4.57 Å². The molecule has 0 bridgehead atoms. The number of anilines is 1. The Bertz CT molecular complexity index is 1310. The summed E-state index contributed by atoms with van der Waals surface area (Å²) in [4.78, 5) is 12.7. The second-order valence-corrected chi connectivity index (χ2v) is 11.1. The highest BCUT2D eigenvalue weighted by molar-refractivity contribution is 7.93. The highest BCUT2D eigenvalue weighted by Gasteiger charge is 2.65. The molecule has 2 saturated carbocycles. The predicted molar refractivity (Wildman–Crippen MR) is 124 cm³/mol. The van der Waals surface area contributed by atoms with Gasteiger partial charge in [-0.3, -0.25) is 9.29 Å². The first-order chi connectivity index (χ1) is 16.3. The summed E-state index contributed by atoms with van der Waals surface area (Å²) in [7, 11) is -1.02. The van der Waals surface area contributed by atoms with E-state index >= 15 is 0 Å². The molecule has 0 saturated heterocycles. The Kier molecular flexibility index (Phi) is 5.69. The molecule has 13 heteroatoms. The van der Waals surface area contributed by atoms with Gasteiger partial charge in [0.2, 0.25) is 21.9 Å². The lowest BCUT2D eigenvalue weighted by Crippen LogP contribution is -2.33. The van der Waals surface area contributed by atoms with E-state index in [2.05, 4.69) is 29.9 Å². The number of ether oxygens (including phenoxy) is 2. The first-order valence-corrected chi connectivity index (χ1v) is 12.7. The maximum atomic E-state index is 13.4. The summed E-state index contributed by atoms with van der Waals surface area (Å²) in [6.45, 7) is 1.53. The van der Waals surface area contributed by atoms with Crippen LogP contribution in [0, 0.1) is 5.41 Å². The quantitative estimate of drug-likeness (QED) is 0.465. The van der Waals surface area contributed by atoms with Gasteiger partial charge in [0.1, 0.15) is 17.0 Å². The normalized spacial score (nSPS) is 20.1. The molecule has 0 unspecified atom stereocenters. The van der Waals surface area contributed by atoms with Crippen LogP contribution in [0.5, 0.6) is 5.88 Å². The number of rotatable bonds is 9. The van der Waals surface area contributed by atoms with E-state index in [4.69, 9.17) is 21.1 Å². The lowest BCUT2D eigenvalue weighted by atomic mass is 10.2. The molecule has 3 aromatic rings. The SMILES string of the molecule is COc1cccc(-c2nnc(NS(=O)(=O)[C@@H](C)[C@H](OC)c3ncc(Cl)cn3)n2[C@H]2CC23CC3)n1. The summed E-state index contributed by atoms with van der Waals surface area (Å²) in [5.41, 5.74) is 0.756. The number of sulfonamides is 1. The molecule has 2 aliphatic carbocycles. The lowest BCUT2D eigenvalue weighted by molar-refractivity contribution is 0.0950. The molecular weight excluding hydrogens is 482 g/mol. The van der Waals surface area contributed by atoms with Gasteiger partial charge >= 0.3 is 0 Å². The molecule has 180 valence electrons. The van der Waals surface area contributed by atoms with E-state index in [-0.39, 0.29) is 23.2 Å². The van der Waals surface area contributed by atoms with Gasteiger partial charge in [0.25, 0.3) is 0 Å². The Hall–Kier alpha value is -2.83. The zero-order valence-corrected chi connectivity index (χ0v) is 20.4. The highest BCUT2D eigenvalue weighted by atomic mass is 35.5. The van der Waals surface area contributed by atoms with Crippen molar-refractivity contribution >= 4 is 27.6 Å². The molecule has 2 aliphatic rings. The van der Waals surface area contributed by atoms with Crippen molar-refractivity contribution in [1.82, 2.24) is 29.7 Å². The average Bonchev–Trinajstić information content (AvgIpc) is 3.73. The second kappa shape index (κ2) is 8.43. The summed E-state index contributed by atoms with van der Waals surface area (Å²) < 4.78 is 41.9. The average molecular weight is 506 g/mol. The van der Waals surface area contributed by atoms with Crippen molar-refractivity contribution in [2.24, 2.45) is 5.41 Å². The zero-order chi connectivity index (χ0) is 24.1. The summed E-state index contributed by atoms with van der Waals surface area (Å²) in [5.74, 6) is 1.28. The van der Waals surface area contributed by atoms with Crippen molar-refractivity contribution in [3.63, 3.8) is 0 Å². The molecule has 11 nitrogen and oxygen atoms in total. The summed E-state index contributed by atoms with van der Waals surface area (Å²) in [6.07, 6.45) is 5.03. The Balaban J connectivity index is 1.47. The maximum Gasteiger partial charge on any atom is 0.240 e. The van der Waals surface area contributed by atoms with Crippen LogP contribution >= 0.6 is 11.6 Å². The standard InChI is InChI=1S/C21H24ClN7O4S/c1-12(17(33-3)18-23-10-13(22)11-24-18)34(30,31)28-20-27-26-19(14-5-4-6-16(25-14)32-2)29(20)15-9-21(15)7-8-21/h4-6,10-12,15,17H,7-9H2,1-3H3,(H,27,28)/t12-,15-,17-/m0/s1. The van der Waals surface area contributed by atoms with Gasteiger partial charge in [0, 0.05) is 31.6 Å². The molecule has 3 aromatic heterocycles. The van der Waals surface area contributed by atoms with E-state index in [1.54, 1.807) is 18.2 Å². The molecule has 1 N–H and O–H groups in total. The van der Waals surface area contributed by atoms with Crippen LogP contribution in [-0.4, -0.2) is 57.6 Å². The molecule has 0 aromatic carbocycles. The summed E-state index contributed by atoms with van der Waals surface area (Å²) in [5, 5.41) is 7.80. The van der Waals surface area contributed by atoms with E-state index in [9.17, 15) is 8.42 Å². The first kappa shape index (κ1) is 22.9. The van der Waals surface area contributed by atoms with Crippen molar-refractivity contribution in [3.05, 3.63) is 41.4 Å². The van der Waals surface area contributed by atoms with Crippen molar-refractivity contribution in [3.8, 4) is 17.4 Å². The number of methoxy groups -OCH3 is 2. The van der Waals surface area contributed by atoms with Gasteiger partial charge < -0.3 is 9.47 Å². The van der Waals surface area contributed by atoms with Crippen molar-refractivity contribution in [1.29, 1.82) is 0 Å². The monoisotopic (exact) mass is 505 g/mol. The van der Waals surface area contributed by atoms with Crippen molar-refractivity contribution < 1.29 is 17.9 Å². The molecule has 0 radical (unpaired) electrons. The van der Waals surface area contributed by atoms with Crippen LogP contribution in [0.1, 0.15) is 44.2 Å². The summed E-state index contributed by atoms with van der Waals surface area (Å²) in [6, 6.07) is 5.45. The van der Waals surface area contributed by atoms with Gasteiger partial charge in [-0.05, 0) is 37.7 Å². The van der Waals surface area contributed by atoms with Crippen LogP contribution in [0.25, 0.3) is 11.5 Å². The van der Waals surface area contributed by atoms with Crippen LogP contribution in [-0.2, 0) is 14.8 Å². The van der Waals surface area contributed by atoms with E-state index < -0.39 is 21.4 Å². The summed E-state index contributed by atoms with van der Waals surface area (Å²) >= 11 is 5.86. The van der Waals surface area contributed by atoms with E-state index in [0.717, 1.165) is 19.3 Å². The molecule has 0 aliphatic heterocycles. The number of nitrogens with one attached hydrogen (secondary N) is 1. The molecule has 1 spiro atoms. The Labute approximate surface area is 202 Å². The van der Waals surface area contributed by atoms with Crippen molar-refractivity contribution in [2.45, 2.75) is 43.6 Å². The largest absolute Gasteiger partial charge is 0.481 e. The fourth-order valence-corrected chi connectivity index (χ4v) is 5.47. The Morgan fingerprint density at radius 3 is 2.56 bits per heavy atom. The minimum atomic E-state index is -3.97. The van der Waals surface area contributed by atoms with Gasteiger partial charge in [-0.25, -0.2) is 23.4 Å². The minimum absolute atomic E-state index is 0.108. The minimum Gasteiger partial charge on any atom is -0.481 e. The van der Waals surface area contributed by atoms with Gasteiger partial charge in [-0.15, -0.1) is 10.2 Å². The van der Waals surface area contributed by atoms with Gasteiger partial charge in [-0.1, -0.05) is 17.7 Å². The predicted octanol–water partition coefficient (Wildman–Crippen LogP) is 3.04. The topological polar surface area (TPSA) is 134 Å². The molecule has 2 fully saturated rings. The first-order valence-electron chi connectivity index (χ1n) is 10.8. The second-order valence-electron chi connectivity index (χ2n) is 8.63. The van der Waals surface area contributed by atoms with Gasteiger partial charge in [0.05, 0.1) is 12.1 Å². The molecule has 3 atom stereocenters. The zero-order valence-electron chi connectivity index (χ0n) is 18.8. The van der Waals surface area contributed by atoms with E-state index in [1.165, 1.54) is 33.5 Å². The van der Waals surface area contributed by atoms with Gasteiger partial charge in [-0.2, -0.15) is 0 Å². The van der Waals surface area contributed by atoms with Gasteiger partial charge in [0.15, 0.2) is 11.6 Å². The number of aromatic nitrogens is 6. The van der Waals surface area contributed by atoms with Crippen molar-refractivity contribution in [2.75, 3.05) is 18.9 Å². The molecular formula is C21H24ClN7O4S. The number of hydrogen-bond donors (Lipinski definition) is 1. The Morgan fingerprint density at radius 1 is 1.21 bits per heavy atom. The van der Waals surface area contributed by atoms with E-state index in [0.29, 0.717) is 22.4 Å². The Morgan fingerprint density at radius 2 is 1.94 bits per heavy atom. The van der Waals surface area contributed by atoms with Crippen LogP contribution in [0.3, 0.4) is 0 Å². The maximum absolute atomic E-state index is 13.4. The number of halogens is 1. The molecule has 3 heterocycles. The third-order valence-corrected chi connectivity index (χ3v) is 8.39. The number of hydrogen-bond acceptors (Lipinski definition) is 9. The number of nitrogens with zero attached hydrogens (tertiary/aromatic N) is 6. The lowest BCUT2D eigenvalue weighted by Gasteiger charge is -2.22. The number of pyridine rings is 1. The molecule has 34 heavy (non-hydrogen) atoms.